The quantitative estimate of drug-likeness (QED) is 0.214. The first-order chi connectivity index (χ1) is 16.6. The van der Waals surface area contributed by atoms with E-state index in [4.69, 9.17) is 4.74 Å². The molecule has 1 saturated heterocycles. The van der Waals surface area contributed by atoms with Gasteiger partial charge in [-0.2, -0.15) is 0 Å². The molecule has 2 aromatic carbocycles. The minimum Gasteiger partial charge on any atom is -0.530 e. The maximum Gasteiger partial charge on any atom is 0.266 e. The molecule has 1 aliphatic rings. The van der Waals surface area contributed by atoms with Crippen LogP contribution in [0.15, 0.2) is 51.4 Å². The largest absolute Gasteiger partial charge is 0.530 e. The summed E-state index contributed by atoms with van der Waals surface area (Å²) in [6.45, 7) is 2.39. The fourth-order valence-electron chi connectivity index (χ4n) is 4.21. The van der Waals surface area contributed by atoms with Crippen LogP contribution in [0, 0.1) is 0 Å². The van der Waals surface area contributed by atoms with E-state index in [1.807, 2.05) is 37.3 Å². The monoisotopic (exact) mass is 610 g/mol. The van der Waals surface area contributed by atoms with Gasteiger partial charge in [-0.25, -0.2) is 5.48 Å². The Labute approximate surface area is 220 Å². The molecule has 188 valence electrons. The molecule has 0 bridgehead atoms. The molecule has 11 heteroatoms. The lowest BCUT2D eigenvalue weighted by Crippen LogP contribution is -2.49. The Morgan fingerprint density at radius 1 is 1.14 bits per heavy atom. The van der Waals surface area contributed by atoms with Crippen molar-refractivity contribution >= 4 is 49.8 Å². The van der Waals surface area contributed by atoms with Gasteiger partial charge in [0, 0.05) is 22.0 Å². The van der Waals surface area contributed by atoms with Crippen LogP contribution in [-0.2, 0) is 15.0 Å². The van der Waals surface area contributed by atoms with Crippen LogP contribution in [0.1, 0.15) is 38.2 Å². The Kier molecular flexibility index (Phi) is 9.15. The third kappa shape index (κ3) is 6.74. The number of hydroxylamine groups is 1. The zero-order valence-corrected chi connectivity index (χ0v) is 22.2. The summed E-state index contributed by atoms with van der Waals surface area (Å²) in [6, 6.07) is 12.0. The molecule has 2 aromatic rings. The molecule has 0 aromatic heterocycles. The summed E-state index contributed by atoms with van der Waals surface area (Å²) in [5.41, 5.74) is 1.62. The first-order valence-corrected chi connectivity index (χ1v) is 12.7. The zero-order chi connectivity index (χ0) is 25.6. The summed E-state index contributed by atoms with van der Waals surface area (Å²) in [7, 11) is 0. The van der Waals surface area contributed by atoms with Gasteiger partial charge < -0.3 is 24.9 Å². The fourth-order valence-corrected chi connectivity index (χ4v) is 5.46. The Hall–Kier alpha value is -2.63. The second-order valence-electron chi connectivity index (χ2n) is 8.51. The van der Waals surface area contributed by atoms with Gasteiger partial charge in [0.1, 0.15) is 23.6 Å². The molecule has 2 unspecified atom stereocenters. The van der Waals surface area contributed by atoms with Gasteiger partial charge in [-0.1, -0.05) is 44.0 Å². The molecule has 0 radical (unpaired) electrons. The smallest absolute Gasteiger partial charge is 0.266 e. The molecule has 3 N–H and O–H groups in total. The molecule has 1 aliphatic heterocycles. The van der Waals surface area contributed by atoms with Crippen LogP contribution in [0.4, 0.5) is 4.79 Å². The van der Waals surface area contributed by atoms with Crippen LogP contribution >= 0.6 is 31.9 Å². The van der Waals surface area contributed by atoms with Crippen molar-refractivity contribution in [2.45, 2.75) is 44.1 Å². The highest BCUT2D eigenvalue weighted by Crippen LogP contribution is 2.38. The molecule has 35 heavy (non-hydrogen) atoms. The zero-order valence-electron chi connectivity index (χ0n) is 19.1. The number of hydrogen-bond donors (Lipinski definition) is 3. The number of unbranched alkanes of at least 4 members (excludes halogenated alkanes) is 1. The molecule has 3 rings (SSSR count). The van der Waals surface area contributed by atoms with Crippen LogP contribution in [0.2, 0.25) is 0 Å². The van der Waals surface area contributed by atoms with Crippen molar-refractivity contribution in [1.82, 2.24) is 15.7 Å². The van der Waals surface area contributed by atoms with E-state index in [1.54, 1.807) is 17.6 Å². The number of nitrogens with zero attached hydrogens (tertiary/aromatic N) is 1. The highest BCUT2D eigenvalue weighted by molar-refractivity contribution is 9.11. The molecular formula is C24H26Br2N3O6-. The molecule has 1 fully saturated rings. The van der Waals surface area contributed by atoms with E-state index in [-0.39, 0.29) is 18.9 Å². The number of ether oxygens (including phenoxy) is 1. The molecule has 1 heterocycles. The van der Waals surface area contributed by atoms with Crippen LogP contribution in [0.25, 0.3) is 0 Å². The van der Waals surface area contributed by atoms with Crippen molar-refractivity contribution < 1.29 is 29.4 Å². The van der Waals surface area contributed by atoms with Gasteiger partial charge in [0.15, 0.2) is 0 Å². The lowest BCUT2D eigenvalue weighted by Gasteiger charge is -2.29. The SMILES string of the molecule is CC1(c2ccc(Oc3cc(Br)cc(Br)c3)cc2)CCN(C(CCCCNC(=O)[O-])C(=O)NO)C1=O. The van der Waals surface area contributed by atoms with Gasteiger partial charge in [0.25, 0.3) is 5.91 Å². The summed E-state index contributed by atoms with van der Waals surface area (Å²) in [5, 5.41) is 21.8. The van der Waals surface area contributed by atoms with Crippen molar-refractivity contribution in [3.8, 4) is 11.5 Å². The topological polar surface area (TPSA) is 131 Å². The Morgan fingerprint density at radius 2 is 1.80 bits per heavy atom. The number of amides is 3. The highest BCUT2D eigenvalue weighted by atomic mass is 79.9. The van der Waals surface area contributed by atoms with Crippen molar-refractivity contribution in [3.05, 3.63) is 57.0 Å². The average molecular weight is 612 g/mol. The molecule has 0 saturated carbocycles. The Morgan fingerprint density at radius 3 is 2.40 bits per heavy atom. The summed E-state index contributed by atoms with van der Waals surface area (Å²) in [5.74, 6) is 0.399. The maximum absolute atomic E-state index is 13.4. The normalized spacial score (nSPS) is 18.3. The number of carbonyl (C=O) groups is 3. The van der Waals surface area contributed by atoms with Gasteiger partial charge in [-0.15, -0.1) is 0 Å². The van der Waals surface area contributed by atoms with E-state index in [2.05, 4.69) is 37.2 Å². The van der Waals surface area contributed by atoms with Gasteiger partial charge in [0.2, 0.25) is 5.91 Å². The van der Waals surface area contributed by atoms with Gasteiger partial charge in [-0.3, -0.25) is 14.8 Å². The maximum atomic E-state index is 13.4. The van der Waals surface area contributed by atoms with Gasteiger partial charge in [-0.05, 0) is 68.5 Å². The van der Waals surface area contributed by atoms with E-state index >= 15 is 0 Å². The lowest BCUT2D eigenvalue weighted by atomic mass is 9.81. The number of rotatable bonds is 10. The fraction of sp³-hybridized carbons (Fsp3) is 0.375. The summed E-state index contributed by atoms with van der Waals surface area (Å²) < 4.78 is 7.67. The van der Waals surface area contributed by atoms with Crippen molar-refractivity contribution in [3.63, 3.8) is 0 Å². The predicted molar refractivity (Wildman–Crippen MR) is 133 cm³/mol. The van der Waals surface area contributed by atoms with Gasteiger partial charge in [0.05, 0.1) is 5.41 Å². The van der Waals surface area contributed by atoms with Crippen LogP contribution < -0.4 is 20.6 Å². The van der Waals surface area contributed by atoms with E-state index in [0.717, 1.165) is 14.5 Å². The second-order valence-corrected chi connectivity index (χ2v) is 10.3. The third-order valence-corrected chi connectivity index (χ3v) is 7.03. The van der Waals surface area contributed by atoms with Crippen LogP contribution in [-0.4, -0.2) is 47.1 Å². The Bertz CT molecular complexity index is 1060. The van der Waals surface area contributed by atoms with Crippen molar-refractivity contribution in [2.75, 3.05) is 13.1 Å². The van der Waals surface area contributed by atoms with E-state index in [1.165, 1.54) is 4.90 Å². The summed E-state index contributed by atoms with van der Waals surface area (Å²) >= 11 is 6.86. The number of nitrogens with one attached hydrogen (secondary N) is 2. The molecule has 9 nitrogen and oxygen atoms in total. The molecule has 3 amide bonds. The number of carbonyl (C=O) groups excluding carboxylic acids is 3. The number of benzene rings is 2. The van der Waals surface area contributed by atoms with Crippen LogP contribution in [0.3, 0.4) is 0 Å². The van der Waals surface area contributed by atoms with Crippen LogP contribution in [0.5, 0.6) is 11.5 Å². The molecular weight excluding hydrogens is 586 g/mol. The Balaban J connectivity index is 1.69. The van der Waals surface area contributed by atoms with Crippen molar-refractivity contribution in [1.29, 1.82) is 0 Å². The first kappa shape index (κ1) is 27.0. The summed E-state index contributed by atoms with van der Waals surface area (Å²) in [6.07, 6.45) is 0.389. The minimum absolute atomic E-state index is 0.187. The highest BCUT2D eigenvalue weighted by Gasteiger charge is 2.47. The number of likely N-dealkylation sites (tertiary alicyclic amines) is 1. The van der Waals surface area contributed by atoms with Gasteiger partial charge >= 0.3 is 0 Å². The lowest BCUT2D eigenvalue weighted by molar-refractivity contribution is -0.250. The first-order valence-electron chi connectivity index (χ1n) is 11.1. The van der Waals surface area contributed by atoms with E-state index < -0.39 is 23.5 Å². The average Bonchev–Trinajstić information content (AvgIpc) is 3.10. The van der Waals surface area contributed by atoms with Crippen molar-refractivity contribution in [2.24, 2.45) is 0 Å². The van der Waals surface area contributed by atoms with E-state index in [9.17, 15) is 24.7 Å². The third-order valence-electron chi connectivity index (χ3n) is 6.11. The number of halogens is 2. The number of hydrogen-bond acceptors (Lipinski definition) is 6. The number of carboxylic acid groups (broad SMARTS) is 1. The second kappa shape index (κ2) is 11.9. The standard InChI is InChI=1S/C24H27Br2N3O6/c1-24(15-5-7-18(8-6-15)35-19-13-16(25)12-17(26)14-19)9-11-29(22(24)31)20(21(30)28-34)4-2-3-10-27-23(32)33/h5-8,12-14,20,27,34H,2-4,9-11H2,1H3,(H,28,30)(H,32,33)/p-1. The summed E-state index contributed by atoms with van der Waals surface area (Å²) in [4.78, 5) is 37.7. The molecule has 0 spiro atoms. The molecule has 0 aliphatic carbocycles. The predicted octanol–water partition coefficient (Wildman–Crippen LogP) is 3.47. The van der Waals surface area contributed by atoms with E-state index in [0.29, 0.717) is 37.3 Å². The molecule has 2 atom stereocenters. The minimum atomic E-state index is -1.36.